The summed E-state index contributed by atoms with van der Waals surface area (Å²) in [4.78, 5) is 6.75. The van der Waals surface area contributed by atoms with Gasteiger partial charge in [-0.25, -0.2) is 4.52 Å². The van der Waals surface area contributed by atoms with Crippen LogP contribution in [0.4, 0.5) is 5.95 Å². The molecule has 1 aliphatic heterocycles. The molecule has 1 atom stereocenters. The smallest absolute Gasteiger partial charge is 0.245 e. The van der Waals surface area contributed by atoms with Crippen molar-refractivity contribution in [2.24, 2.45) is 0 Å². The van der Waals surface area contributed by atoms with Crippen LogP contribution in [0.5, 0.6) is 0 Å². The number of nitrogens with zero attached hydrogens (tertiary/aromatic N) is 4. The molecule has 5 nitrogen and oxygen atoms in total. The van der Waals surface area contributed by atoms with Crippen LogP contribution in [0.1, 0.15) is 6.92 Å². The van der Waals surface area contributed by atoms with Crippen LogP contribution in [0.2, 0.25) is 0 Å². The summed E-state index contributed by atoms with van der Waals surface area (Å²) < 4.78 is 1.82. The summed E-state index contributed by atoms with van der Waals surface area (Å²) in [6, 6.07) is 6.42. The van der Waals surface area contributed by atoms with E-state index in [0.717, 1.165) is 31.2 Å². The summed E-state index contributed by atoms with van der Waals surface area (Å²) in [6.07, 6.45) is 1.93. The fraction of sp³-hybridized carbons (Fsp3) is 0.455. The molecule has 0 spiro atoms. The average molecular weight is 217 g/mol. The Morgan fingerprint density at radius 2 is 2.38 bits per heavy atom. The molecule has 1 fully saturated rings. The van der Waals surface area contributed by atoms with Gasteiger partial charge in [0, 0.05) is 31.9 Å². The van der Waals surface area contributed by atoms with Crippen molar-refractivity contribution in [2.75, 3.05) is 24.5 Å². The molecular weight excluding hydrogens is 202 g/mol. The molecule has 1 saturated heterocycles. The molecule has 84 valence electrons. The van der Waals surface area contributed by atoms with E-state index in [-0.39, 0.29) is 0 Å². The van der Waals surface area contributed by atoms with Crippen LogP contribution < -0.4 is 10.2 Å². The predicted octanol–water partition coefficient (Wildman–Crippen LogP) is 0.527. The van der Waals surface area contributed by atoms with Gasteiger partial charge in [-0.05, 0) is 19.1 Å². The molecule has 1 aliphatic rings. The summed E-state index contributed by atoms with van der Waals surface area (Å²) in [5.74, 6) is 0.833. The van der Waals surface area contributed by atoms with E-state index in [4.69, 9.17) is 0 Å². The first-order valence-corrected chi connectivity index (χ1v) is 5.63. The zero-order valence-corrected chi connectivity index (χ0v) is 9.30. The Kier molecular flexibility index (Phi) is 2.25. The van der Waals surface area contributed by atoms with Crippen LogP contribution >= 0.6 is 0 Å². The number of anilines is 1. The average Bonchev–Trinajstić information content (AvgIpc) is 2.72. The van der Waals surface area contributed by atoms with Gasteiger partial charge in [0.1, 0.15) is 0 Å². The zero-order valence-electron chi connectivity index (χ0n) is 9.30. The van der Waals surface area contributed by atoms with Crippen LogP contribution in [0.15, 0.2) is 24.4 Å². The monoisotopic (exact) mass is 217 g/mol. The third-order valence-corrected chi connectivity index (χ3v) is 2.88. The lowest BCUT2D eigenvalue weighted by molar-refractivity contribution is 0.479. The maximum Gasteiger partial charge on any atom is 0.245 e. The molecule has 1 N–H and O–H groups in total. The SMILES string of the molecule is CC1CN(c2nc3ccccn3n2)CCN1. The topological polar surface area (TPSA) is 45.5 Å². The summed E-state index contributed by atoms with van der Waals surface area (Å²) in [7, 11) is 0. The molecule has 0 aliphatic carbocycles. The maximum atomic E-state index is 4.52. The number of rotatable bonds is 1. The van der Waals surface area contributed by atoms with E-state index in [9.17, 15) is 0 Å². The van der Waals surface area contributed by atoms with Gasteiger partial charge in [0.05, 0.1) is 0 Å². The van der Waals surface area contributed by atoms with Crippen LogP contribution in [-0.4, -0.2) is 40.3 Å². The summed E-state index contributed by atoms with van der Waals surface area (Å²) in [5.41, 5.74) is 0.906. The van der Waals surface area contributed by atoms with E-state index in [2.05, 4.69) is 27.2 Å². The minimum absolute atomic E-state index is 0.500. The van der Waals surface area contributed by atoms with E-state index in [1.54, 1.807) is 0 Å². The van der Waals surface area contributed by atoms with E-state index >= 15 is 0 Å². The van der Waals surface area contributed by atoms with Gasteiger partial charge in [0.15, 0.2) is 5.65 Å². The van der Waals surface area contributed by atoms with Gasteiger partial charge in [-0.2, -0.15) is 4.98 Å². The molecule has 1 unspecified atom stereocenters. The molecule has 16 heavy (non-hydrogen) atoms. The highest BCUT2D eigenvalue weighted by Crippen LogP contribution is 2.12. The Bertz CT molecular complexity index is 459. The number of fused-ring (bicyclic) bond motifs is 1. The van der Waals surface area contributed by atoms with Crippen molar-refractivity contribution in [3.05, 3.63) is 24.4 Å². The van der Waals surface area contributed by atoms with Crippen molar-refractivity contribution >= 4 is 11.6 Å². The largest absolute Gasteiger partial charge is 0.337 e. The summed E-state index contributed by atoms with van der Waals surface area (Å²) in [5, 5.41) is 7.89. The highest BCUT2D eigenvalue weighted by atomic mass is 15.4. The standard InChI is InChI=1S/C11H15N5/c1-9-8-15(7-5-12-9)11-13-10-4-2-3-6-16(10)14-11/h2-4,6,9,12H,5,7-8H2,1H3. The number of hydrogen-bond donors (Lipinski definition) is 1. The maximum absolute atomic E-state index is 4.52. The zero-order chi connectivity index (χ0) is 11.0. The highest BCUT2D eigenvalue weighted by Gasteiger charge is 2.19. The van der Waals surface area contributed by atoms with Crippen molar-refractivity contribution in [2.45, 2.75) is 13.0 Å². The molecule has 0 aromatic carbocycles. The van der Waals surface area contributed by atoms with Crippen molar-refractivity contribution in [1.29, 1.82) is 0 Å². The molecule has 3 rings (SSSR count). The molecule has 0 saturated carbocycles. The minimum Gasteiger partial charge on any atom is -0.337 e. The highest BCUT2D eigenvalue weighted by molar-refractivity contribution is 5.44. The Balaban J connectivity index is 1.93. The molecular formula is C11H15N5. The number of piperazine rings is 1. The fourth-order valence-electron chi connectivity index (χ4n) is 2.07. The second-order valence-electron chi connectivity index (χ2n) is 4.22. The van der Waals surface area contributed by atoms with Gasteiger partial charge in [-0.3, -0.25) is 0 Å². The van der Waals surface area contributed by atoms with Crippen LogP contribution in [0.25, 0.3) is 5.65 Å². The Labute approximate surface area is 94.1 Å². The van der Waals surface area contributed by atoms with Gasteiger partial charge in [-0.15, -0.1) is 5.10 Å². The number of hydrogen-bond acceptors (Lipinski definition) is 4. The van der Waals surface area contributed by atoms with Crippen LogP contribution in [0.3, 0.4) is 0 Å². The van der Waals surface area contributed by atoms with E-state index < -0.39 is 0 Å². The van der Waals surface area contributed by atoms with Crippen molar-refractivity contribution in [1.82, 2.24) is 19.9 Å². The lowest BCUT2D eigenvalue weighted by atomic mass is 10.2. The second kappa shape index (κ2) is 3.75. The van der Waals surface area contributed by atoms with Crippen LogP contribution in [-0.2, 0) is 0 Å². The lowest BCUT2D eigenvalue weighted by Crippen LogP contribution is -2.49. The van der Waals surface area contributed by atoms with Crippen molar-refractivity contribution < 1.29 is 0 Å². The van der Waals surface area contributed by atoms with Crippen molar-refractivity contribution in [3.63, 3.8) is 0 Å². The Morgan fingerprint density at radius 3 is 3.19 bits per heavy atom. The number of nitrogens with one attached hydrogen (secondary N) is 1. The first-order valence-electron chi connectivity index (χ1n) is 5.63. The third-order valence-electron chi connectivity index (χ3n) is 2.88. The molecule has 3 heterocycles. The molecule has 2 aromatic heterocycles. The number of pyridine rings is 1. The van der Waals surface area contributed by atoms with E-state index in [1.807, 2.05) is 28.9 Å². The minimum atomic E-state index is 0.500. The molecule has 0 amide bonds. The van der Waals surface area contributed by atoms with Crippen molar-refractivity contribution in [3.8, 4) is 0 Å². The third kappa shape index (κ3) is 1.63. The first kappa shape index (κ1) is 9.59. The van der Waals surface area contributed by atoms with Gasteiger partial charge < -0.3 is 10.2 Å². The van der Waals surface area contributed by atoms with E-state index in [1.165, 1.54) is 0 Å². The second-order valence-corrected chi connectivity index (χ2v) is 4.22. The molecule has 2 aromatic rings. The van der Waals surface area contributed by atoms with Gasteiger partial charge in [0.2, 0.25) is 5.95 Å². The molecule has 5 heteroatoms. The number of aromatic nitrogens is 3. The summed E-state index contributed by atoms with van der Waals surface area (Å²) in [6.45, 7) is 5.12. The molecule has 0 radical (unpaired) electrons. The van der Waals surface area contributed by atoms with E-state index in [0.29, 0.717) is 6.04 Å². The Hall–Kier alpha value is -1.62. The quantitative estimate of drug-likeness (QED) is 0.756. The lowest BCUT2D eigenvalue weighted by Gasteiger charge is -2.30. The van der Waals surface area contributed by atoms with Gasteiger partial charge >= 0.3 is 0 Å². The fourth-order valence-corrected chi connectivity index (χ4v) is 2.07. The Morgan fingerprint density at radius 1 is 1.44 bits per heavy atom. The van der Waals surface area contributed by atoms with Crippen LogP contribution in [0, 0.1) is 0 Å². The first-order chi connectivity index (χ1) is 7.83. The normalized spacial score (nSPS) is 21.6. The summed E-state index contributed by atoms with van der Waals surface area (Å²) >= 11 is 0. The molecule has 0 bridgehead atoms. The van der Waals surface area contributed by atoms with Gasteiger partial charge in [-0.1, -0.05) is 6.07 Å². The predicted molar refractivity (Wildman–Crippen MR) is 62.7 cm³/mol. The van der Waals surface area contributed by atoms with Gasteiger partial charge in [0.25, 0.3) is 0 Å².